The third-order valence-electron chi connectivity index (χ3n) is 4.14. The zero-order valence-electron chi connectivity index (χ0n) is 12.1. The zero-order valence-corrected chi connectivity index (χ0v) is 12.9. The minimum atomic E-state index is 0.454. The monoisotopic (exact) mass is 287 g/mol. The van der Waals surface area contributed by atoms with Crippen molar-refractivity contribution >= 4 is 11.3 Å². The molecule has 2 aromatic rings. The molecule has 0 aliphatic heterocycles. The molecular weight excluding hydrogens is 266 g/mol. The Morgan fingerprint density at radius 1 is 1.35 bits per heavy atom. The molecule has 1 aliphatic rings. The van der Waals surface area contributed by atoms with Crippen LogP contribution in [0.25, 0.3) is 0 Å². The van der Waals surface area contributed by atoms with Gasteiger partial charge in [0.15, 0.2) is 0 Å². The summed E-state index contributed by atoms with van der Waals surface area (Å²) >= 11 is 1.84. The van der Waals surface area contributed by atoms with E-state index in [0.29, 0.717) is 6.04 Å². The number of thiophene rings is 1. The van der Waals surface area contributed by atoms with Gasteiger partial charge in [-0.2, -0.15) is 0 Å². The van der Waals surface area contributed by atoms with Crippen LogP contribution in [0.1, 0.15) is 40.5 Å². The summed E-state index contributed by atoms with van der Waals surface area (Å²) in [4.78, 5) is 1.44. The molecule has 1 aromatic heterocycles. The van der Waals surface area contributed by atoms with E-state index in [9.17, 15) is 0 Å². The van der Waals surface area contributed by atoms with Crippen LogP contribution in [-0.2, 0) is 13.0 Å². The summed E-state index contributed by atoms with van der Waals surface area (Å²) in [5.41, 5.74) is 4.28. The molecule has 0 spiro atoms. The second kappa shape index (κ2) is 5.98. The fraction of sp³-hybridized carbons (Fsp3) is 0.412. The van der Waals surface area contributed by atoms with Gasteiger partial charge in [0.1, 0.15) is 5.75 Å². The van der Waals surface area contributed by atoms with E-state index in [1.807, 2.05) is 11.3 Å². The van der Waals surface area contributed by atoms with Gasteiger partial charge in [0.2, 0.25) is 0 Å². The topological polar surface area (TPSA) is 21.3 Å². The Morgan fingerprint density at radius 2 is 2.25 bits per heavy atom. The molecule has 0 bridgehead atoms. The van der Waals surface area contributed by atoms with Crippen LogP contribution < -0.4 is 10.1 Å². The normalized spacial score (nSPS) is 17.8. The van der Waals surface area contributed by atoms with Crippen LogP contribution in [0.5, 0.6) is 5.75 Å². The molecule has 0 radical (unpaired) electrons. The van der Waals surface area contributed by atoms with E-state index in [-0.39, 0.29) is 0 Å². The minimum Gasteiger partial charge on any atom is -0.497 e. The molecule has 1 heterocycles. The first-order valence-corrected chi connectivity index (χ1v) is 8.09. The van der Waals surface area contributed by atoms with Crippen molar-refractivity contribution in [1.29, 1.82) is 0 Å². The molecule has 1 atom stereocenters. The van der Waals surface area contributed by atoms with Crippen molar-refractivity contribution in [2.24, 2.45) is 0 Å². The first-order valence-electron chi connectivity index (χ1n) is 7.21. The van der Waals surface area contributed by atoms with Gasteiger partial charge in [-0.3, -0.25) is 0 Å². The number of hydrogen-bond donors (Lipinski definition) is 1. The van der Waals surface area contributed by atoms with Crippen LogP contribution in [0.2, 0.25) is 0 Å². The van der Waals surface area contributed by atoms with Crippen molar-refractivity contribution in [2.75, 3.05) is 7.11 Å². The molecule has 20 heavy (non-hydrogen) atoms. The Bertz CT molecular complexity index is 590. The summed E-state index contributed by atoms with van der Waals surface area (Å²) in [5.74, 6) is 0.963. The molecule has 1 aliphatic carbocycles. The average Bonchev–Trinajstić information content (AvgIpc) is 2.89. The van der Waals surface area contributed by atoms with Gasteiger partial charge < -0.3 is 10.1 Å². The standard InChI is InChI=1S/C17H21NOS/c1-12-8-9-20-17(12)11-18-16-5-3-4-13-6-7-14(19-2)10-15(13)16/h6-10,16,18H,3-5,11H2,1-2H3. The summed E-state index contributed by atoms with van der Waals surface area (Å²) in [6.07, 6.45) is 3.67. The lowest BCUT2D eigenvalue weighted by molar-refractivity contribution is 0.408. The van der Waals surface area contributed by atoms with Crippen molar-refractivity contribution in [1.82, 2.24) is 5.32 Å². The maximum Gasteiger partial charge on any atom is 0.119 e. The number of nitrogens with one attached hydrogen (secondary N) is 1. The van der Waals surface area contributed by atoms with Crippen LogP contribution in [0.15, 0.2) is 29.6 Å². The smallest absolute Gasteiger partial charge is 0.119 e. The molecule has 0 saturated carbocycles. The van der Waals surface area contributed by atoms with Gasteiger partial charge in [-0.05, 0) is 66.5 Å². The summed E-state index contributed by atoms with van der Waals surface area (Å²) in [6.45, 7) is 3.15. The zero-order chi connectivity index (χ0) is 13.9. The van der Waals surface area contributed by atoms with E-state index >= 15 is 0 Å². The van der Waals surface area contributed by atoms with Crippen LogP contribution in [-0.4, -0.2) is 7.11 Å². The van der Waals surface area contributed by atoms with E-state index in [2.05, 4.69) is 41.9 Å². The van der Waals surface area contributed by atoms with Gasteiger partial charge in [0.05, 0.1) is 7.11 Å². The first-order chi connectivity index (χ1) is 9.78. The van der Waals surface area contributed by atoms with Crippen LogP contribution in [0.4, 0.5) is 0 Å². The molecule has 2 nitrogen and oxygen atoms in total. The van der Waals surface area contributed by atoms with Crippen molar-refractivity contribution in [3.05, 3.63) is 51.2 Å². The predicted octanol–water partition coefficient (Wildman–Crippen LogP) is 4.23. The van der Waals surface area contributed by atoms with Gasteiger partial charge in [0.25, 0.3) is 0 Å². The molecule has 3 rings (SSSR count). The Kier molecular flexibility index (Phi) is 4.08. The third kappa shape index (κ3) is 2.74. The summed E-state index contributed by atoms with van der Waals surface area (Å²) in [7, 11) is 1.74. The lowest BCUT2D eigenvalue weighted by Crippen LogP contribution is -2.24. The minimum absolute atomic E-state index is 0.454. The highest BCUT2D eigenvalue weighted by Gasteiger charge is 2.20. The molecule has 0 saturated heterocycles. The number of methoxy groups -OCH3 is 1. The lowest BCUT2D eigenvalue weighted by Gasteiger charge is -2.27. The molecule has 1 aromatic carbocycles. The first kappa shape index (κ1) is 13.7. The van der Waals surface area contributed by atoms with Crippen molar-refractivity contribution in [3.8, 4) is 5.75 Å². The van der Waals surface area contributed by atoms with Crippen LogP contribution >= 0.6 is 11.3 Å². The van der Waals surface area contributed by atoms with Gasteiger partial charge >= 0.3 is 0 Å². The summed E-state index contributed by atoms with van der Waals surface area (Å²) < 4.78 is 5.37. The Morgan fingerprint density at radius 3 is 3.00 bits per heavy atom. The van der Waals surface area contributed by atoms with Crippen molar-refractivity contribution in [2.45, 2.75) is 38.8 Å². The number of rotatable bonds is 4. The number of benzene rings is 1. The predicted molar refractivity (Wildman–Crippen MR) is 84.6 cm³/mol. The van der Waals surface area contributed by atoms with Crippen LogP contribution in [0.3, 0.4) is 0 Å². The Hall–Kier alpha value is -1.32. The lowest BCUT2D eigenvalue weighted by atomic mass is 9.87. The molecule has 3 heteroatoms. The Balaban J connectivity index is 1.77. The van der Waals surface area contributed by atoms with E-state index in [1.165, 1.54) is 40.8 Å². The highest BCUT2D eigenvalue weighted by atomic mass is 32.1. The number of ether oxygens (including phenoxy) is 1. The molecule has 1 unspecified atom stereocenters. The van der Waals surface area contributed by atoms with E-state index in [4.69, 9.17) is 4.74 Å². The molecular formula is C17H21NOS. The van der Waals surface area contributed by atoms with Crippen LogP contribution in [0, 0.1) is 6.92 Å². The quantitative estimate of drug-likeness (QED) is 0.908. The van der Waals surface area contributed by atoms with Gasteiger partial charge in [0, 0.05) is 17.5 Å². The fourth-order valence-corrected chi connectivity index (χ4v) is 3.77. The average molecular weight is 287 g/mol. The number of aryl methyl sites for hydroxylation is 2. The van der Waals surface area contributed by atoms with E-state index < -0.39 is 0 Å². The summed E-state index contributed by atoms with van der Waals surface area (Å²) in [6, 6.07) is 9.14. The largest absolute Gasteiger partial charge is 0.497 e. The molecule has 0 amide bonds. The second-order valence-electron chi connectivity index (χ2n) is 5.42. The number of hydrogen-bond acceptors (Lipinski definition) is 3. The van der Waals surface area contributed by atoms with Gasteiger partial charge in [-0.1, -0.05) is 6.07 Å². The highest BCUT2D eigenvalue weighted by Crippen LogP contribution is 2.33. The SMILES string of the molecule is COc1ccc2c(c1)C(NCc1sccc1C)CCC2. The second-order valence-corrected chi connectivity index (χ2v) is 6.42. The fourth-order valence-electron chi connectivity index (χ4n) is 2.92. The molecule has 1 N–H and O–H groups in total. The third-order valence-corrected chi connectivity index (χ3v) is 5.17. The maximum absolute atomic E-state index is 5.37. The van der Waals surface area contributed by atoms with E-state index in [1.54, 1.807) is 7.11 Å². The van der Waals surface area contributed by atoms with E-state index in [0.717, 1.165) is 12.3 Å². The Labute approximate surface area is 124 Å². The van der Waals surface area contributed by atoms with Crippen molar-refractivity contribution < 1.29 is 4.74 Å². The number of fused-ring (bicyclic) bond motifs is 1. The van der Waals surface area contributed by atoms with Gasteiger partial charge in [-0.15, -0.1) is 11.3 Å². The van der Waals surface area contributed by atoms with Crippen molar-refractivity contribution in [3.63, 3.8) is 0 Å². The molecule has 0 fully saturated rings. The highest BCUT2D eigenvalue weighted by molar-refractivity contribution is 7.10. The van der Waals surface area contributed by atoms with Gasteiger partial charge in [-0.25, -0.2) is 0 Å². The maximum atomic E-state index is 5.37. The molecule has 106 valence electrons. The summed E-state index contributed by atoms with van der Waals surface area (Å²) in [5, 5.41) is 5.90.